The lowest BCUT2D eigenvalue weighted by Crippen LogP contribution is -2.23. The quantitative estimate of drug-likeness (QED) is 0.651. The van der Waals surface area contributed by atoms with Gasteiger partial charge in [0.05, 0.1) is 6.10 Å². The maximum atomic E-state index is 11.6. The number of rotatable bonds is 8. The van der Waals surface area contributed by atoms with Crippen LogP contribution >= 0.6 is 0 Å². The summed E-state index contributed by atoms with van der Waals surface area (Å²) in [5, 5.41) is 0. The van der Waals surface area contributed by atoms with Gasteiger partial charge in [0, 0.05) is 6.42 Å². The molecule has 96 valence electrons. The number of ether oxygens (including phenoxy) is 1. The molecule has 0 rings (SSSR count). The number of hydrogen-bond acceptors (Lipinski definition) is 3. The van der Waals surface area contributed by atoms with Gasteiger partial charge in [-0.1, -0.05) is 27.2 Å². The van der Waals surface area contributed by atoms with Gasteiger partial charge in [0.15, 0.2) is 0 Å². The zero-order chi connectivity index (χ0) is 12.6. The molecule has 0 aromatic carbocycles. The molecule has 2 atom stereocenters. The Bertz CT molecular complexity index is 192. The van der Waals surface area contributed by atoms with Crippen LogP contribution < -0.4 is 5.73 Å². The molecule has 0 radical (unpaired) electrons. The Kier molecular flexibility index (Phi) is 8.26. The van der Waals surface area contributed by atoms with Crippen LogP contribution in [-0.2, 0) is 9.53 Å². The summed E-state index contributed by atoms with van der Waals surface area (Å²) in [6.07, 6.45) is 3.47. The molecule has 0 aliphatic carbocycles. The molecule has 3 nitrogen and oxygen atoms in total. The first-order valence-corrected chi connectivity index (χ1v) is 6.39. The van der Waals surface area contributed by atoms with Gasteiger partial charge in [-0.15, -0.1) is 0 Å². The Morgan fingerprint density at radius 1 is 1.31 bits per heavy atom. The summed E-state index contributed by atoms with van der Waals surface area (Å²) in [6, 6.07) is 0. The van der Waals surface area contributed by atoms with Gasteiger partial charge in [-0.3, -0.25) is 4.79 Å². The highest BCUT2D eigenvalue weighted by Gasteiger charge is 2.16. The number of carbonyl (C=O) groups is 1. The number of esters is 1. The van der Waals surface area contributed by atoms with Crippen LogP contribution in [-0.4, -0.2) is 18.6 Å². The topological polar surface area (TPSA) is 52.3 Å². The molecule has 0 saturated carbocycles. The van der Waals surface area contributed by atoms with Gasteiger partial charge in [0.2, 0.25) is 0 Å². The summed E-state index contributed by atoms with van der Waals surface area (Å²) in [7, 11) is 0. The van der Waals surface area contributed by atoms with Crippen LogP contribution in [0.25, 0.3) is 0 Å². The van der Waals surface area contributed by atoms with E-state index in [-0.39, 0.29) is 18.0 Å². The molecule has 0 aromatic rings. The average molecular weight is 229 g/mol. The minimum absolute atomic E-state index is 0.0370. The minimum atomic E-state index is -0.1000. The third kappa shape index (κ3) is 7.69. The molecule has 0 aliphatic heterocycles. The first kappa shape index (κ1) is 15.4. The predicted octanol–water partition coefficient (Wildman–Crippen LogP) is 2.73. The predicted molar refractivity (Wildman–Crippen MR) is 67.1 cm³/mol. The van der Waals surface area contributed by atoms with Gasteiger partial charge in [-0.25, -0.2) is 0 Å². The van der Waals surface area contributed by atoms with Crippen molar-refractivity contribution in [3.63, 3.8) is 0 Å². The smallest absolute Gasteiger partial charge is 0.306 e. The molecular formula is C13H27NO2. The lowest BCUT2D eigenvalue weighted by atomic mass is 9.94. The fourth-order valence-electron chi connectivity index (χ4n) is 1.90. The van der Waals surface area contributed by atoms with E-state index in [9.17, 15) is 4.79 Å². The fraction of sp³-hybridized carbons (Fsp3) is 0.923. The van der Waals surface area contributed by atoms with Crippen LogP contribution in [0.4, 0.5) is 0 Å². The second-order valence-corrected chi connectivity index (χ2v) is 5.02. The van der Waals surface area contributed by atoms with Gasteiger partial charge < -0.3 is 10.5 Å². The molecule has 16 heavy (non-hydrogen) atoms. The Morgan fingerprint density at radius 3 is 2.38 bits per heavy atom. The summed E-state index contributed by atoms with van der Waals surface area (Å²) < 4.78 is 5.31. The van der Waals surface area contributed by atoms with Crippen LogP contribution in [0.1, 0.15) is 53.4 Å². The minimum Gasteiger partial charge on any atom is -0.463 e. The van der Waals surface area contributed by atoms with Crippen molar-refractivity contribution in [2.75, 3.05) is 6.54 Å². The van der Waals surface area contributed by atoms with Crippen LogP contribution in [0.2, 0.25) is 0 Å². The molecule has 2 N–H and O–H groups in total. The van der Waals surface area contributed by atoms with Crippen LogP contribution in [0.3, 0.4) is 0 Å². The maximum Gasteiger partial charge on any atom is 0.306 e. The molecule has 0 spiro atoms. The zero-order valence-corrected chi connectivity index (χ0v) is 11.2. The fourth-order valence-corrected chi connectivity index (χ4v) is 1.90. The van der Waals surface area contributed by atoms with E-state index in [0.717, 1.165) is 19.3 Å². The normalized spacial score (nSPS) is 14.9. The van der Waals surface area contributed by atoms with E-state index >= 15 is 0 Å². The number of nitrogens with two attached hydrogens (primary N) is 1. The maximum absolute atomic E-state index is 11.6. The second kappa shape index (κ2) is 8.57. The van der Waals surface area contributed by atoms with Gasteiger partial charge in [-0.05, 0) is 38.1 Å². The van der Waals surface area contributed by atoms with Crippen molar-refractivity contribution in [2.24, 2.45) is 17.6 Å². The lowest BCUT2D eigenvalue weighted by Gasteiger charge is -2.18. The van der Waals surface area contributed by atoms with Gasteiger partial charge in [0.1, 0.15) is 0 Å². The summed E-state index contributed by atoms with van der Waals surface area (Å²) in [4.78, 5) is 11.6. The summed E-state index contributed by atoms with van der Waals surface area (Å²) in [6.45, 7) is 8.89. The van der Waals surface area contributed by atoms with E-state index < -0.39 is 0 Å². The molecule has 0 heterocycles. The van der Waals surface area contributed by atoms with Crippen LogP contribution in [0, 0.1) is 11.8 Å². The highest BCUT2D eigenvalue weighted by atomic mass is 16.5. The molecule has 0 aliphatic rings. The SMILES string of the molecule is CCC[C@H](C)OC(=O)C[C@@H](CN)CC(C)C. The Morgan fingerprint density at radius 2 is 1.94 bits per heavy atom. The van der Waals surface area contributed by atoms with E-state index in [4.69, 9.17) is 10.5 Å². The molecule has 0 fully saturated rings. The van der Waals surface area contributed by atoms with Crippen molar-refractivity contribution in [3.8, 4) is 0 Å². The van der Waals surface area contributed by atoms with Crippen LogP contribution in [0.15, 0.2) is 0 Å². The molecule has 0 amide bonds. The Labute approximate surface area is 99.7 Å². The summed E-state index contributed by atoms with van der Waals surface area (Å²) in [5.74, 6) is 0.743. The van der Waals surface area contributed by atoms with E-state index in [2.05, 4.69) is 20.8 Å². The van der Waals surface area contributed by atoms with Crippen molar-refractivity contribution in [1.82, 2.24) is 0 Å². The second-order valence-electron chi connectivity index (χ2n) is 5.02. The van der Waals surface area contributed by atoms with Gasteiger partial charge >= 0.3 is 5.97 Å². The largest absolute Gasteiger partial charge is 0.463 e. The third-order valence-electron chi connectivity index (χ3n) is 2.62. The molecule has 0 unspecified atom stereocenters. The van der Waals surface area contributed by atoms with Crippen molar-refractivity contribution in [1.29, 1.82) is 0 Å². The third-order valence-corrected chi connectivity index (χ3v) is 2.62. The lowest BCUT2D eigenvalue weighted by molar-refractivity contribution is -0.149. The monoisotopic (exact) mass is 229 g/mol. The Balaban J connectivity index is 3.91. The molecule has 0 saturated heterocycles. The van der Waals surface area contributed by atoms with E-state index in [1.807, 2.05) is 6.92 Å². The first-order chi connectivity index (χ1) is 7.49. The average Bonchev–Trinajstić information content (AvgIpc) is 2.15. The van der Waals surface area contributed by atoms with E-state index in [1.165, 1.54) is 0 Å². The van der Waals surface area contributed by atoms with Crippen molar-refractivity contribution >= 4 is 5.97 Å². The van der Waals surface area contributed by atoms with Crippen molar-refractivity contribution in [2.45, 2.75) is 59.5 Å². The van der Waals surface area contributed by atoms with Crippen molar-refractivity contribution in [3.05, 3.63) is 0 Å². The van der Waals surface area contributed by atoms with Crippen molar-refractivity contribution < 1.29 is 9.53 Å². The molecule has 0 aromatic heterocycles. The van der Waals surface area contributed by atoms with Crippen LogP contribution in [0.5, 0.6) is 0 Å². The zero-order valence-electron chi connectivity index (χ0n) is 11.2. The van der Waals surface area contributed by atoms with E-state index in [0.29, 0.717) is 18.9 Å². The summed E-state index contributed by atoms with van der Waals surface area (Å²) in [5.41, 5.74) is 5.65. The highest BCUT2D eigenvalue weighted by molar-refractivity contribution is 5.69. The highest BCUT2D eigenvalue weighted by Crippen LogP contribution is 2.15. The molecule has 3 heteroatoms. The number of hydrogen-bond donors (Lipinski definition) is 1. The van der Waals surface area contributed by atoms with Gasteiger partial charge in [-0.2, -0.15) is 0 Å². The molecular weight excluding hydrogens is 202 g/mol. The first-order valence-electron chi connectivity index (χ1n) is 6.39. The Hall–Kier alpha value is -0.570. The van der Waals surface area contributed by atoms with Gasteiger partial charge in [0.25, 0.3) is 0 Å². The molecule has 0 bridgehead atoms. The van der Waals surface area contributed by atoms with E-state index in [1.54, 1.807) is 0 Å². The number of carbonyl (C=O) groups excluding carboxylic acids is 1. The standard InChI is InChI=1S/C13H27NO2/c1-5-6-11(4)16-13(15)8-12(9-14)7-10(2)3/h10-12H,5-9,14H2,1-4H3/t11-,12-/m0/s1. The summed E-state index contributed by atoms with van der Waals surface area (Å²) >= 11 is 0.